The van der Waals surface area contributed by atoms with Crippen molar-refractivity contribution >= 4 is 5.96 Å². The maximum Gasteiger partial charge on any atom is 0.189 e. The van der Waals surface area contributed by atoms with Gasteiger partial charge in [0, 0.05) is 12.1 Å². The van der Waals surface area contributed by atoms with E-state index in [0.29, 0.717) is 32.3 Å². The van der Waals surface area contributed by atoms with E-state index < -0.39 is 0 Å². The minimum Gasteiger partial charge on any atom is -0.379 e. The Balaban J connectivity index is 3.36. The van der Waals surface area contributed by atoms with Crippen LogP contribution >= 0.6 is 0 Å². The molecule has 0 aromatic heterocycles. The van der Waals surface area contributed by atoms with Crippen LogP contribution in [0.5, 0.6) is 0 Å². The molecule has 0 atom stereocenters. The molecule has 0 fully saturated rings. The van der Waals surface area contributed by atoms with Gasteiger partial charge in [-0.3, -0.25) is 4.99 Å². The van der Waals surface area contributed by atoms with Crippen molar-refractivity contribution in [3.8, 4) is 0 Å². The summed E-state index contributed by atoms with van der Waals surface area (Å²) in [6.45, 7) is 11.5. The number of hydrogen-bond acceptors (Lipinski definition) is 3. The second-order valence-corrected chi connectivity index (χ2v) is 5.22. The monoisotopic (exact) mass is 259 g/mol. The molecular weight excluding hydrogens is 230 g/mol. The van der Waals surface area contributed by atoms with Gasteiger partial charge >= 0.3 is 0 Å². The van der Waals surface area contributed by atoms with E-state index in [-0.39, 0.29) is 5.54 Å². The van der Waals surface area contributed by atoms with E-state index in [9.17, 15) is 0 Å². The van der Waals surface area contributed by atoms with Crippen molar-refractivity contribution in [1.82, 2.24) is 5.32 Å². The Labute approximate surface area is 111 Å². The molecule has 0 heterocycles. The first-order valence-electron chi connectivity index (χ1n) is 6.69. The van der Waals surface area contributed by atoms with E-state index >= 15 is 0 Å². The SMILES string of the molecule is CCCCOCCOCCN=C(N)NC(C)(C)C. The van der Waals surface area contributed by atoms with Gasteiger partial charge < -0.3 is 20.5 Å². The summed E-state index contributed by atoms with van der Waals surface area (Å²) in [4.78, 5) is 4.17. The predicted molar refractivity (Wildman–Crippen MR) is 75.9 cm³/mol. The van der Waals surface area contributed by atoms with E-state index in [4.69, 9.17) is 15.2 Å². The number of guanidine groups is 1. The summed E-state index contributed by atoms with van der Waals surface area (Å²) in [6.07, 6.45) is 2.27. The largest absolute Gasteiger partial charge is 0.379 e. The molecule has 0 saturated carbocycles. The van der Waals surface area contributed by atoms with E-state index in [1.807, 2.05) is 20.8 Å². The van der Waals surface area contributed by atoms with Crippen molar-refractivity contribution in [2.24, 2.45) is 10.7 Å². The van der Waals surface area contributed by atoms with Crippen LogP contribution in [-0.4, -0.2) is 44.5 Å². The van der Waals surface area contributed by atoms with Crippen LogP contribution in [0.1, 0.15) is 40.5 Å². The van der Waals surface area contributed by atoms with Crippen LogP contribution in [-0.2, 0) is 9.47 Å². The molecular formula is C13H29N3O2. The summed E-state index contributed by atoms with van der Waals surface area (Å²) in [5, 5.41) is 3.09. The Hall–Kier alpha value is -0.810. The summed E-state index contributed by atoms with van der Waals surface area (Å²) in [6, 6.07) is 0. The Bertz CT molecular complexity index is 225. The highest BCUT2D eigenvalue weighted by atomic mass is 16.5. The quantitative estimate of drug-likeness (QED) is 0.374. The number of unbranched alkanes of at least 4 members (excludes halogenated alkanes) is 1. The Morgan fingerprint density at radius 1 is 1.11 bits per heavy atom. The fraction of sp³-hybridized carbons (Fsp3) is 0.923. The average molecular weight is 259 g/mol. The lowest BCUT2D eigenvalue weighted by Gasteiger charge is -2.20. The molecule has 0 radical (unpaired) electrons. The molecule has 0 bridgehead atoms. The zero-order valence-corrected chi connectivity index (χ0v) is 12.3. The molecule has 0 rings (SSSR count). The van der Waals surface area contributed by atoms with Gasteiger partial charge in [0.05, 0.1) is 26.4 Å². The normalized spacial score (nSPS) is 12.8. The Morgan fingerprint density at radius 2 is 1.72 bits per heavy atom. The highest BCUT2D eigenvalue weighted by molar-refractivity contribution is 5.78. The molecule has 0 aliphatic heterocycles. The molecule has 0 aromatic rings. The lowest BCUT2D eigenvalue weighted by atomic mass is 10.1. The fourth-order valence-electron chi connectivity index (χ4n) is 1.22. The summed E-state index contributed by atoms with van der Waals surface area (Å²) in [5.41, 5.74) is 5.66. The van der Waals surface area contributed by atoms with Gasteiger partial charge in [0.2, 0.25) is 0 Å². The van der Waals surface area contributed by atoms with Crippen LogP contribution in [0.4, 0.5) is 0 Å². The van der Waals surface area contributed by atoms with Gasteiger partial charge in [0.25, 0.3) is 0 Å². The van der Waals surface area contributed by atoms with E-state index in [0.717, 1.165) is 19.4 Å². The van der Waals surface area contributed by atoms with E-state index in [2.05, 4.69) is 17.2 Å². The minimum absolute atomic E-state index is 0.0540. The molecule has 0 aromatic carbocycles. The number of rotatable bonds is 9. The lowest BCUT2D eigenvalue weighted by molar-refractivity contribution is 0.0497. The van der Waals surface area contributed by atoms with Crippen LogP contribution in [0.2, 0.25) is 0 Å². The van der Waals surface area contributed by atoms with Gasteiger partial charge in [-0.1, -0.05) is 13.3 Å². The molecule has 18 heavy (non-hydrogen) atoms. The zero-order valence-electron chi connectivity index (χ0n) is 12.3. The average Bonchev–Trinajstić information content (AvgIpc) is 2.24. The van der Waals surface area contributed by atoms with Gasteiger partial charge in [-0.15, -0.1) is 0 Å². The van der Waals surface area contributed by atoms with Crippen LogP contribution in [0, 0.1) is 0 Å². The van der Waals surface area contributed by atoms with Gasteiger partial charge in [-0.25, -0.2) is 0 Å². The zero-order chi connectivity index (χ0) is 13.9. The molecule has 0 amide bonds. The number of nitrogens with zero attached hydrogens (tertiary/aromatic N) is 1. The minimum atomic E-state index is -0.0540. The predicted octanol–water partition coefficient (Wildman–Crippen LogP) is 1.52. The van der Waals surface area contributed by atoms with E-state index in [1.54, 1.807) is 0 Å². The Morgan fingerprint density at radius 3 is 2.28 bits per heavy atom. The third-order valence-electron chi connectivity index (χ3n) is 2.04. The first-order valence-corrected chi connectivity index (χ1v) is 6.69. The molecule has 0 aliphatic carbocycles. The smallest absolute Gasteiger partial charge is 0.189 e. The number of hydrogen-bond donors (Lipinski definition) is 2. The lowest BCUT2D eigenvalue weighted by Crippen LogP contribution is -2.45. The molecule has 5 heteroatoms. The molecule has 0 spiro atoms. The van der Waals surface area contributed by atoms with Crippen molar-refractivity contribution in [2.45, 2.75) is 46.1 Å². The van der Waals surface area contributed by atoms with Crippen LogP contribution in [0.15, 0.2) is 4.99 Å². The van der Waals surface area contributed by atoms with Gasteiger partial charge in [0.15, 0.2) is 5.96 Å². The van der Waals surface area contributed by atoms with Crippen LogP contribution in [0.3, 0.4) is 0 Å². The van der Waals surface area contributed by atoms with Gasteiger partial charge in [-0.05, 0) is 27.2 Å². The fourth-order valence-corrected chi connectivity index (χ4v) is 1.22. The summed E-state index contributed by atoms with van der Waals surface area (Å²) >= 11 is 0. The number of nitrogens with two attached hydrogens (primary N) is 1. The third-order valence-corrected chi connectivity index (χ3v) is 2.04. The van der Waals surface area contributed by atoms with Crippen molar-refractivity contribution in [3.05, 3.63) is 0 Å². The van der Waals surface area contributed by atoms with Crippen molar-refractivity contribution < 1.29 is 9.47 Å². The van der Waals surface area contributed by atoms with E-state index in [1.165, 1.54) is 0 Å². The summed E-state index contributed by atoms with van der Waals surface area (Å²) in [7, 11) is 0. The summed E-state index contributed by atoms with van der Waals surface area (Å²) in [5.74, 6) is 0.463. The topological polar surface area (TPSA) is 68.9 Å². The van der Waals surface area contributed by atoms with Crippen LogP contribution < -0.4 is 11.1 Å². The number of ether oxygens (including phenoxy) is 2. The maximum absolute atomic E-state index is 5.71. The van der Waals surface area contributed by atoms with Crippen molar-refractivity contribution in [2.75, 3.05) is 33.0 Å². The first kappa shape index (κ1) is 17.2. The van der Waals surface area contributed by atoms with Crippen molar-refractivity contribution in [3.63, 3.8) is 0 Å². The third kappa shape index (κ3) is 13.3. The molecule has 0 saturated heterocycles. The van der Waals surface area contributed by atoms with Gasteiger partial charge in [0.1, 0.15) is 0 Å². The molecule has 108 valence electrons. The summed E-state index contributed by atoms with van der Waals surface area (Å²) < 4.78 is 10.7. The number of nitrogens with one attached hydrogen (secondary N) is 1. The maximum atomic E-state index is 5.71. The molecule has 0 aliphatic rings. The molecule has 0 unspecified atom stereocenters. The van der Waals surface area contributed by atoms with Gasteiger partial charge in [-0.2, -0.15) is 0 Å². The second-order valence-electron chi connectivity index (χ2n) is 5.22. The molecule has 5 nitrogen and oxygen atoms in total. The second kappa shape index (κ2) is 10.1. The first-order chi connectivity index (χ1) is 8.45. The number of aliphatic imine (C=N–C) groups is 1. The van der Waals surface area contributed by atoms with Crippen LogP contribution in [0.25, 0.3) is 0 Å². The Kier molecular flexibility index (Phi) is 9.69. The highest BCUT2D eigenvalue weighted by Crippen LogP contribution is 1.96. The van der Waals surface area contributed by atoms with Crippen molar-refractivity contribution in [1.29, 1.82) is 0 Å². The standard InChI is InChI=1S/C13H29N3O2/c1-5-6-8-17-10-11-18-9-7-15-12(14)16-13(2,3)4/h5-11H2,1-4H3,(H3,14,15,16). The highest BCUT2D eigenvalue weighted by Gasteiger charge is 2.09. The molecule has 3 N–H and O–H groups in total.